The molecule has 1 aliphatic heterocycles. The third-order valence-electron chi connectivity index (χ3n) is 3.88. The van der Waals surface area contributed by atoms with E-state index in [1.807, 2.05) is 24.3 Å². The van der Waals surface area contributed by atoms with Crippen LogP contribution in [0.2, 0.25) is 0 Å². The molecule has 1 aliphatic rings. The Hall–Kier alpha value is -2.31. The fraction of sp³-hybridized carbons (Fsp3) is 0.368. The average molecular weight is 388 g/mol. The minimum absolute atomic E-state index is 0.295. The van der Waals surface area contributed by atoms with E-state index in [9.17, 15) is 5.11 Å². The maximum absolute atomic E-state index is 9.60. The predicted octanol–water partition coefficient (Wildman–Crippen LogP) is 1.55. The van der Waals surface area contributed by atoms with Gasteiger partial charge in [0, 0.05) is 49.0 Å². The average Bonchev–Trinajstić information content (AvgIpc) is 2.70. The molecule has 0 saturated carbocycles. The summed E-state index contributed by atoms with van der Waals surface area (Å²) in [5, 5.41) is 18.6. The molecule has 1 saturated heterocycles. The highest BCUT2D eigenvalue weighted by molar-refractivity contribution is 7.97. The highest BCUT2D eigenvalue weighted by Crippen LogP contribution is 2.25. The molecular weight excluding hydrogens is 362 g/mol. The number of aliphatic hydroxyl groups is 2. The highest BCUT2D eigenvalue weighted by Gasteiger charge is 2.19. The molecule has 1 unspecified atom stereocenters. The largest absolute Gasteiger partial charge is 0.393 e. The Morgan fingerprint density at radius 2 is 1.89 bits per heavy atom. The number of terminal acetylenes is 1. The van der Waals surface area contributed by atoms with Crippen molar-refractivity contribution < 1.29 is 10.2 Å². The second-order valence-electron chi connectivity index (χ2n) is 5.86. The summed E-state index contributed by atoms with van der Waals surface area (Å²) < 4.78 is 2.30. The topological polar surface area (TPSA) is 98.7 Å². The minimum Gasteiger partial charge on any atom is -0.393 e. The van der Waals surface area contributed by atoms with E-state index in [0.717, 1.165) is 36.9 Å². The standard InChI is InChI=1S/C16H21N5O2S.C3H4/c17-15-3-2-13(10-18-15)24-21-7-5-20(6-8-21)16-4-1-12(9-19-16)14(23)11-22;1-3-2/h1-4,9-10,14,22-23H,5-8,11H2,(H2,17,18);1H,2H3. The Kier molecular flexibility index (Phi) is 8.36. The van der Waals surface area contributed by atoms with Crippen LogP contribution in [0.25, 0.3) is 0 Å². The Morgan fingerprint density at radius 1 is 1.19 bits per heavy atom. The predicted molar refractivity (Wildman–Crippen MR) is 109 cm³/mol. The van der Waals surface area contributed by atoms with Crippen molar-refractivity contribution in [3.8, 4) is 12.3 Å². The zero-order chi connectivity index (χ0) is 19.6. The molecule has 2 aromatic heterocycles. The lowest BCUT2D eigenvalue weighted by Gasteiger charge is -2.34. The molecule has 0 aliphatic carbocycles. The van der Waals surface area contributed by atoms with E-state index in [1.165, 1.54) is 0 Å². The smallest absolute Gasteiger partial charge is 0.128 e. The van der Waals surface area contributed by atoms with E-state index < -0.39 is 6.10 Å². The van der Waals surface area contributed by atoms with Crippen LogP contribution in [0.4, 0.5) is 11.6 Å². The number of aromatic nitrogens is 2. The van der Waals surface area contributed by atoms with Crippen LogP contribution in [-0.4, -0.2) is 57.3 Å². The van der Waals surface area contributed by atoms with Crippen molar-refractivity contribution in [2.45, 2.75) is 17.9 Å². The third kappa shape index (κ3) is 6.41. The summed E-state index contributed by atoms with van der Waals surface area (Å²) in [6, 6.07) is 7.49. The van der Waals surface area contributed by atoms with Crippen molar-refractivity contribution in [3.05, 3.63) is 42.2 Å². The molecule has 8 heteroatoms. The number of nitrogen functional groups attached to an aromatic ring is 1. The zero-order valence-electron chi connectivity index (χ0n) is 15.3. The van der Waals surface area contributed by atoms with Crippen LogP contribution in [-0.2, 0) is 0 Å². The first-order valence-electron chi connectivity index (χ1n) is 8.59. The zero-order valence-corrected chi connectivity index (χ0v) is 16.1. The van der Waals surface area contributed by atoms with Gasteiger partial charge in [-0.2, -0.15) is 0 Å². The van der Waals surface area contributed by atoms with Gasteiger partial charge in [-0.15, -0.1) is 12.3 Å². The Bertz CT molecular complexity index is 725. The number of aliphatic hydroxyl groups excluding tert-OH is 2. The summed E-state index contributed by atoms with van der Waals surface area (Å²) in [6.07, 6.45) is 7.14. The van der Waals surface area contributed by atoms with Crippen molar-refractivity contribution >= 4 is 23.6 Å². The van der Waals surface area contributed by atoms with Gasteiger partial charge >= 0.3 is 0 Å². The van der Waals surface area contributed by atoms with Crippen molar-refractivity contribution in [1.82, 2.24) is 14.3 Å². The van der Waals surface area contributed by atoms with Gasteiger partial charge in [0.1, 0.15) is 17.7 Å². The van der Waals surface area contributed by atoms with E-state index in [4.69, 9.17) is 10.8 Å². The number of hydrogen-bond donors (Lipinski definition) is 3. The lowest BCUT2D eigenvalue weighted by Crippen LogP contribution is -2.43. The van der Waals surface area contributed by atoms with Gasteiger partial charge in [0.25, 0.3) is 0 Å². The number of pyridine rings is 2. The van der Waals surface area contributed by atoms with Crippen LogP contribution in [0.3, 0.4) is 0 Å². The van der Waals surface area contributed by atoms with Gasteiger partial charge in [-0.05, 0) is 37.1 Å². The Balaban J connectivity index is 0.000000817. The van der Waals surface area contributed by atoms with Crippen LogP contribution in [0, 0.1) is 12.3 Å². The molecule has 0 radical (unpaired) electrons. The fourth-order valence-corrected chi connectivity index (χ4v) is 3.36. The molecule has 0 aromatic carbocycles. The molecule has 7 nitrogen and oxygen atoms in total. The summed E-state index contributed by atoms with van der Waals surface area (Å²) in [6.45, 7) is 4.95. The molecule has 3 rings (SSSR count). The van der Waals surface area contributed by atoms with Gasteiger partial charge < -0.3 is 20.8 Å². The van der Waals surface area contributed by atoms with Crippen LogP contribution >= 0.6 is 11.9 Å². The summed E-state index contributed by atoms with van der Waals surface area (Å²) in [4.78, 5) is 11.8. The molecule has 0 spiro atoms. The lowest BCUT2D eigenvalue weighted by atomic mass is 10.2. The molecule has 27 heavy (non-hydrogen) atoms. The van der Waals surface area contributed by atoms with E-state index in [1.54, 1.807) is 31.3 Å². The highest BCUT2D eigenvalue weighted by atomic mass is 32.2. The monoisotopic (exact) mass is 387 g/mol. The molecule has 144 valence electrons. The number of nitrogens with zero attached hydrogens (tertiary/aromatic N) is 4. The van der Waals surface area contributed by atoms with Gasteiger partial charge in [0.15, 0.2) is 0 Å². The van der Waals surface area contributed by atoms with Gasteiger partial charge in [-0.25, -0.2) is 14.3 Å². The minimum atomic E-state index is -0.867. The maximum atomic E-state index is 9.60. The molecule has 2 aromatic rings. The number of rotatable bonds is 5. The van der Waals surface area contributed by atoms with Gasteiger partial charge in [-0.3, -0.25) is 0 Å². The van der Waals surface area contributed by atoms with Crippen LogP contribution in [0.1, 0.15) is 18.6 Å². The number of piperazine rings is 1. The fourth-order valence-electron chi connectivity index (χ4n) is 2.49. The summed E-state index contributed by atoms with van der Waals surface area (Å²) in [5.74, 6) is 3.67. The first-order valence-corrected chi connectivity index (χ1v) is 9.36. The first kappa shape index (κ1) is 21.0. The van der Waals surface area contributed by atoms with E-state index in [2.05, 4.69) is 31.5 Å². The third-order valence-corrected chi connectivity index (χ3v) is 4.96. The van der Waals surface area contributed by atoms with E-state index in [-0.39, 0.29) is 6.61 Å². The lowest BCUT2D eigenvalue weighted by molar-refractivity contribution is 0.0953. The molecule has 0 bridgehead atoms. The van der Waals surface area contributed by atoms with Crippen molar-refractivity contribution in [2.75, 3.05) is 43.4 Å². The quantitative estimate of drug-likeness (QED) is 0.525. The summed E-state index contributed by atoms with van der Waals surface area (Å²) in [5.41, 5.74) is 6.23. The molecule has 1 atom stereocenters. The second-order valence-corrected chi connectivity index (χ2v) is 7.03. The number of hydrogen-bond acceptors (Lipinski definition) is 8. The van der Waals surface area contributed by atoms with Crippen molar-refractivity contribution in [3.63, 3.8) is 0 Å². The van der Waals surface area contributed by atoms with Crippen LogP contribution < -0.4 is 10.6 Å². The number of anilines is 2. The van der Waals surface area contributed by atoms with Gasteiger partial charge in [0.05, 0.1) is 6.61 Å². The van der Waals surface area contributed by atoms with Crippen LogP contribution in [0.5, 0.6) is 0 Å². The van der Waals surface area contributed by atoms with Crippen LogP contribution in [0.15, 0.2) is 41.6 Å². The Labute approximate surface area is 164 Å². The van der Waals surface area contributed by atoms with Crippen molar-refractivity contribution in [1.29, 1.82) is 0 Å². The Morgan fingerprint density at radius 3 is 2.41 bits per heavy atom. The number of nitrogens with two attached hydrogens (primary N) is 1. The summed E-state index contributed by atoms with van der Waals surface area (Å²) in [7, 11) is 0. The molecule has 0 amide bonds. The SMILES string of the molecule is C#CC.Nc1ccc(SN2CCN(c3ccc(C(O)CO)cn3)CC2)cn1. The molecule has 4 N–H and O–H groups in total. The summed E-state index contributed by atoms with van der Waals surface area (Å²) >= 11 is 1.69. The molecule has 3 heterocycles. The van der Waals surface area contributed by atoms with E-state index >= 15 is 0 Å². The van der Waals surface area contributed by atoms with E-state index in [0.29, 0.717) is 11.4 Å². The molecular formula is C19H25N5O2S. The van der Waals surface area contributed by atoms with Gasteiger partial charge in [-0.1, -0.05) is 6.07 Å². The van der Waals surface area contributed by atoms with Gasteiger partial charge in [0.2, 0.25) is 0 Å². The maximum Gasteiger partial charge on any atom is 0.128 e. The normalized spacial score (nSPS) is 15.4. The van der Waals surface area contributed by atoms with Crippen molar-refractivity contribution in [2.24, 2.45) is 0 Å². The molecule has 1 fully saturated rings. The second kappa shape index (κ2) is 10.7. The first-order chi connectivity index (χ1) is 13.1.